The summed E-state index contributed by atoms with van der Waals surface area (Å²) in [6.45, 7) is 4.75. The molecule has 1 amide bonds. The Morgan fingerprint density at radius 3 is 2.92 bits per heavy atom. The quantitative estimate of drug-likeness (QED) is 0.866. The highest BCUT2D eigenvalue weighted by Crippen LogP contribution is 2.19. The normalized spacial score (nSPS) is 14.3. The second-order valence-corrected chi connectivity index (χ2v) is 6.47. The van der Waals surface area contributed by atoms with E-state index >= 15 is 0 Å². The SMILES string of the molecule is CCc1ncc2c(n1)CN(Cc1cccc(C(=O)N(C)C)c1)CC2. The molecule has 1 aromatic heterocycles. The van der Waals surface area contributed by atoms with Gasteiger partial charge in [-0.05, 0) is 29.7 Å². The Bertz CT molecular complexity index is 742. The van der Waals surface area contributed by atoms with Crippen molar-refractivity contribution in [2.24, 2.45) is 0 Å². The first-order valence-electron chi connectivity index (χ1n) is 8.43. The third-order valence-electron chi connectivity index (χ3n) is 4.38. The van der Waals surface area contributed by atoms with Crippen LogP contribution >= 0.6 is 0 Å². The molecule has 0 aliphatic carbocycles. The molecule has 1 aromatic carbocycles. The van der Waals surface area contributed by atoms with Gasteiger partial charge in [0.25, 0.3) is 5.91 Å². The van der Waals surface area contributed by atoms with E-state index in [1.54, 1.807) is 19.0 Å². The number of amides is 1. The molecule has 5 nitrogen and oxygen atoms in total. The van der Waals surface area contributed by atoms with Gasteiger partial charge in [0.2, 0.25) is 0 Å². The summed E-state index contributed by atoms with van der Waals surface area (Å²) in [5.74, 6) is 0.954. The van der Waals surface area contributed by atoms with E-state index in [0.717, 1.165) is 55.1 Å². The van der Waals surface area contributed by atoms with Crippen molar-refractivity contribution in [3.05, 3.63) is 58.7 Å². The van der Waals surface area contributed by atoms with Crippen molar-refractivity contribution in [3.63, 3.8) is 0 Å². The average molecular weight is 324 g/mol. The van der Waals surface area contributed by atoms with Crippen molar-refractivity contribution in [3.8, 4) is 0 Å². The second-order valence-electron chi connectivity index (χ2n) is 6.47. The first-order chi connectivity index (χ1) is 11.6. The zero-order valence-corrected chi connectivity index (χ0v) is 14.6. The topological polar surface area (TPSA) is 49.3 Å². The highest BCUT2D eigenvalue weighted by atomic mass is 16.2. The number of rotatable bonds is 4. The van der Waals surface area contributed by atoms with E-state index in [2.05, 4.69) is 27.9 Å². The Balaban J connectivity index is 1.73. The predicted molar refractivity (Wildman–Crippen MR) is 93.7 cm³/mol. The van der Waals surface area contributed by atoms with Crippen molar-refractivity contribution < 1.29 is 4.79 Å². The van der Waals surface area contributed by atoms with Crippen LogP contribution in [0.1, 0.15) is 39.9 Å². The van der Waals surface area contributed by atoms with E-state index < -0.39 is 0 Å². The fourth-order valence-electron chi connectivity index (χ4n) is 3.02. The van der Waals surface area contributed by atoms with Crippen LogP contribution in [0.3, 0.4) is 0 Å². The van der Waals surface area contributed by atoms with Gasteiger partial charge in [0.05, 0.1) is 5.69 Å². The largest absolute Gasteiger partial charge is 0.345 e. The molecule has 0 atom stereocenters. The predicted octanol–water partition coefficient (Wildman–Crippen LogP) is 2.30. The summed E-state index contributed by atoms with van der Waals surface area (Å²) >= 11 is 0. The minimum Gasteiger partial charge on any atom is -0.345 e. The van der Waals surface area contributed by atoms with Gasteiger partial charge in [-0.1, -0.05) is 19.1 Å². The average Bonchev–Trinajstić information content (AvgIpc) is 2.60. The van der Waals surface area contributed by atoms with Crippen molar-refractivity contribution in [2.45, 2.75) is 32.9 Å². The van der Waals surface area contributed by atoms with Gasteiger partial charge in [-0.15, -0.1) is 0 Å². The molecule has 0 saturated carbocycles. The highest BCUT2D eigenvalue weighted by molar-refractivity contribution is 5.94. The number of aromatic nitrogens is 2. The van der Waals surface area contributed by atoms with E-state index in [1.165, 1.54) is 5.56 Å². The van der Waals surface area contributed by atoms with Crippen molar-refractivity contribution in [1.82, 2.24) is 19.8 Å². The standard InChI is InChI=1S/C19H24N4O/c1-4-18-20-11-16-8-9-23(13-17(16)21-18)12-14-6-5-7-15(10-14)19(24)22(2)3/h5-7,10-11H,4,8-9,12-13H2,1-3H3. The van der Waals surface area contributed by atoms with Gasteiger partial charge in [-0.3, -0.25) is 9.69 Å². The number of hydrogen-bond donors (Lipinski definition) is 0. The summed E-state index contributed by atoms with van der Waals surface area (Å²) in [5.41, 5.74) is 4.31. The number of aryl methyl sites for hydroxylation is 1. The number of benzene rings is 1. The lowest BCUT2D eigenvalue weighted by atomic mass is 10.0. The van der Waals surface area contributed by atoms with Crippen LogP contribution in [0.25, 0.3) is 0 Å². The van der Waals surface area contributed by atoms with E-state index in [-0.39, 0.29) is 5.91 Å². The molecule has 1 aliphatic rings. The molecule has 3 rings (SSSR count). The molecule has 126 valence electrons. The molecule has 0 spiro atoms. The molecule has 24 heavy (non-hydrogen) atoms. The van der Waals surface area contributed by atoms with Gasteiger partial charge >= 0.3 is 0 Å². The van der Waals surface area contributed by atoms with Crippen molar-refractivity contribution in [2.75, 3.05) is 20.6 Å². The zero-order valence-electron chi connectivity index (χ0n) is 14.6. The second kappa shape index (κ2) is 7.09. The van der Waals surface area contributed by atoms with Gasteiger partial charge in [-0.25, -0.2) is 9.97 Å². The third kappa shape index (κ3) is 3.62. The van der Waals surface area contributed by atoms with Crippen LogP contribution in [0.2, 0.25) is 0 Å². The monoisotopic (exact) mass is 324 g/mol. The number of hydrogen-bond acceptors (Lipinski definition) is 4. The fraction of sp³-hybridized carbons (Fsp3) is 0.421. The van der Waals surface area contributed by atoms with Crippen LogP contribution in [0.4, 0.5) is 0 Å². The van der Waals surface area contributed by atoms with Gasteiger partial charge in [0, 0.05) is 51.9 Å². The highest BCUT2D eigenvalue weighted by Gasteiger charge is 2.19. The fourth-order valence-corrected chi connectivity index (χ4v) is 3.02. The van der Waals surface area contributed by atoms with Gasteiger partial charge < -0.3 is 4.90 Å². The number of nitrogens with zero attached hydrogens (tertiary/aromatic N) is 4. The Labute approximate surface area is 143 Å². The molecule has 2 heterocycles. The molecule has 0 radical (unpaired) electrons. The van der Waals surface area contributed by atoms with Gasteiger partial charge in [0.1, 0.15) is 5.82 Å². The van der Waals surface area contributed by atoms with E-state index in [1.807, 2.05) is 24.4 Å². The van der Waals surface area contributed by atoms with Crippen LogP contribution in [0.5, 0.6) is 0 Å². The molecule has 0 unspecified atom stereocenters. The maximum atomic E-state index is 12.1. The van der Waals surface area contributed by atoms with E-state index in [9.17, 15) is 4.79 Å². The lowest BCUT2D eigenvalue weighted by Crippen LogP contribution is -2.31. The maximum absolute atomic E-state index is 12.1. The van der Waals surface area contributed by atoms with E-state index in [0.29, 0.717) is 0 Å². The first-order valence-corrected chi connectivity index (χ1v) is 8.43. The zero-order chi connectivity index (χ0) is 17.1. The van der Waals surface area contributed by atoms with Gasteiger partial charge in [0.15, 0.2) is 0 Å². The molecular formula is C19H24N4O. The molecule has 2 aromatic rings. The molecular weight excluding hydrogens is 300 g/mol. The molecule has 5 heteroatoms. The maximum Gasteiger partial charge on any atom is 0.253 e. The molecule has 0 N–H and O–H groups in total. The smallest absolute Gasteiger partial charge is 0.253 e. The van der Waals surface area contributed by atoms with Crippen LogP contribution in [-0.2, 0) is 25.9 Å². The van der Waals surface area contributed by atoms with Crippen LogP contribution < -0.4 is 0 Å². The number of carbonyl (C=O) groups is 1. The summed E-state index contributed by atoms with van der Waals surface area (Å²) in [6.07, 6.45) is 3.83. The van der Waals surface area contributed by atoms with Crippen molar-refractivity contribution in [1.29, 1.82) is 0 Å². The summed E-state index contributed by atoms with van der Waals surface area (Å²) in [7, 11) is 3.56. The summed E-state index contributed by atoms with van der Waals surface area (Å²) in [6, 6.07) is 7.91. The Morgan fingerprint density at radius 1 is 1.33 bits per heavy atom. The minimum absolute atomic E-state index is 0.0427. The van der Waals surface area contributed by atoms with Crippen LogP contribution in [0, 0.1) is 0 Å². The lowest BCUT2D eigenvalue weighted by Gasteiger charge is -2.28. The third-order valence-corrected chi connectivity index (χ3v) is 4.38. The molecule has 0 saturated heterocycles. The first kappa shape index (κ1) is 16.6. The minimum atomic E-state index is 0.0427. The summed E-state index contributed by atoms with van der Waals surface area (Å²) < 4.78 is 0. The van der Waals surface area contributed by atoms with E-state index in [4.69, 9.17) is 0 Å². The Kier molecular flexibility index (Phi) is 4.90. The summed E-state index contributed by atoms with van der Waals surface area (Å²) in [4.78, 5) is 25.2. The Hall–Kier alpha value is -2.27. The van der Waals surface area contributed by atoms with Gasteiger partial charge in [-0.2, -0.15) is 0 Å². The molecule has 0 fully saturated rings. The Morgan fingerprint density at radius 2 is 2.17 bits per heavy atom. The molecule has 0 bridgehead atoms. The lowest BCUT2D eigenvalue weighted by molar-refractivity contribution is 0.0827. The molecule has 1 aliphatic heterocycles. The summed E-state index contributed by atoms with van der Waals surface area (Å²) in [5, 5.41) is 0. The van der Waals surface area contributed by atoms with Crippen LogP contribution in [0.15, 0.2) is 30.5 Å². The number of fused-ring (bicyclic) bond motifs is 1. The van der Waals surface area contributed by atoms with Crippen LogP contribution in [-0.4, -0.2) is 46.3 Å². The van der Waals surface area contributed by atoms with Crippen molar-refractivity contribution >= 4 is 5.91 Å². The number of carbonyl (C=O) groups excluding carboxylic acids is 1.